The summed E-state index contributed by atoms with van der Waals surface area (Å²) < 4.78 is 5.69. The van der Waals surface area contributed by atoms with Crippen LogP contribution in [0.5, 0.6) is 0 Å². The predicted molar refractivity (Wildman–Crippen MR) is 60.9 cm³/mol. The van der Waals surface area contributed by atoms with E-state index in [2.05, 4.69) is 18.2 Å². The number of fused-ring (bicyclic) bond motifs is 2. The van der Waals surface area contributed by atoms with Crippen molar-refractivity contribution in [1.82, 2.24) is 0 Å². The topological polar surface area (TPSA) is 26.3 Å². The normalized spacial score (nSPS) is 32.6. The minimum Gasteiger partial charge on any atom is -0.454 e. The van der Waals surface area contributed by atoms with Gasteiger partial charge in [0.1, 0.15) is 5.60 Å². The van der Waals surface area contributed by atoms with E-state index < -0.39 is 0 Å². The fraction of sp³-hybridized carbons (Fsp3) is 0.500. The fourth-order valence-corrected chi connectivity index (χ4v) is 3.11. The van der Waals surface area contributed by atoms with Gasteiger partial charge in [-0.2, -0.15) is 0 Å². The first-order valence-corrected chi connectivity index (χ1v) is 6.02. The lowest BCUT2D eigenvalue weighted by Gasteiger charge is -2.34. The summed E-state index contributed by atoms with van der Waals surface area (Å²) in [6.45, 7) is 1.97. The average molecular weight is 216 g/mol. The first kappa shape index (κ1) is 9.88. The molecule has 0 saturated carbocycles. The maximum absolute atomic E-state index is 11.6. The molecule has 0 unspecified atom stereocenters. The number of benzene rings is 1. The maximum Gasteiger partial charge on any atom is 0.309 e. The van der Waals surface area contributed by atoms with E-state index in [0.717, 1.165) is 25.7 Å². The molecule has 2 aliphatic rings. The van der Waals surface area contributed by atoms with E-state index in [1.165, 1.54) is 11.1 Å². The van der Waals surface area contributed by atoms with Crippen LogP contribution in [0.2, 0.25) is 0 Å². The molecule has 0 aromatic heterocycles. The Hall–Kier alpha value is -1.31. The van der Waals surface area contributed by atoms with Crippen molar-refractivity contribution in [2.45, 2.75) is 38.2 Å². The maximum atomic E-state index is 11.6. The molecule has 2 heteroatoms. The molecular weight excluding hydrogens is 200 g/mol. The van der Waals surface area contributed by atoms with E-state index >= 15 is 0 Å². The number of aryl methyl sites for hydroxylation is 1. The summed E-state index contributed by atoms with van der Waals surface area (Å²) in [5, 5.41) is 0. The highest BCUT2D eigenvalue weighted by Gasteiger charge is 2.47. The summed E-state index contributed by atoms with van der Waals surface area (Å²) in [5.74, 6) is 0.0165. The summed E-state index contributed by atoms with van der Waals surface area (Å²) in [6, 6.07) is 8.40. The summed E-state index contributed by atoms with van der Waals surface area (Å²) in [5.41, 5.74) is 2.31. The van der Waals surface area contributed by atoms with Crippen LogP contribution < -0.4 is 0 Å². The first-order chi connectivity index (χ1) is 7.71. The molecule has 1 aromatic rings. The van der Waals surface area contributed by atoms with Crippen LogP contribution >= 0.6 is 0 Å². The molecule has 0 bridgehead atoms. The molecule has 2 nitrogen and oxygen atoms in total. The molecule has 84 valence electrons. The number of rotatable bonds is 0. The lowest BCUT2D eigenvalue weighted by Crippen LogP contribution is -2.30. The number of hydrogen-bond donors (Lipinski definition) is 0. The van der Waals surface area contributed by atoms with Gasteiger partial charge in [-0.15, -0.1) is 0 Å². The zero-order chi connectivity index (χ0) is 11.2. The number of hydrogen-bond acceptors (Lipinski definition) is 2. The Morgan fingerprint density at radius 3 is 2.94 bits per heavy atom. The van der Waals surface area contributed by atoms with Crippen molar-refractivity contribution in [1.29, 1.82) is 0 Å². The SMILES string of the molecule is C[C@@H]1C[C@]2(CCCc3ccccc32)OC1=O. The van der Waals surface area contributed by atoms with E-state index in [-0.39, 0.29) is 17.5 Å². The lowest BCUT2D eigenvalue weighted by atomic mass is 9.76. The zero-order valence-electron chi connectivity index (χ0n) is 9.53. The molecule has 0 N–H and O–H groups in total. The van der Waals surface area contributed by atoms with Gasteiger partial charge in [0, 0.05) is 6.42 Å². The van der Waals surface area contributed by atoms with Crippen LogP contribution in [0.15, 0.2) is 24.3 Å². The molecule has 1 spiro atoms. The minimum atomic E-state index is -0.300. The standard InChI is InChI=1S/C14H16O2/c1-10-9-14(16-13(10)15)8-4-6-11-5-2-3-7-12(11)14/h2-3,5,7,10H,4,6,8-9H2,1H3/t10-,14+/m1/s1. The molecule has 1 heterocycles. The lowest BCUT2D eigenvalue weighted by molar-refractivity contribution is -0.152. The van der Waals surface area contributed by atoms with Crippen LogP contribution in [-0.2, 0) is 21.6 Å². The molecule has 0 amide bonds. The van der Waals surface area contributed by atoms with Crippen LogP contribution in [-0.4, -0.2) is 5.97 Å². The van der Waals surface area contributed by atoms with Crippen molar-refractivity contribution in [3.05, 3.63) is 35.4 Å². The van der Waals surface area contributed by atoms with Crippen molar-refractivity contribution < 1.29 is 9.53 Å². The number of ether oxygens (including phenoxy) is 1. The van der Waals surface area contributed by atoms with E-state index in [1.807, 2.05) is 13.0 Å². The Kier molecular flexibility index (Phi) is 2.06. The summed E-state index contributed by atoms with van der Waals surface area (Å²) in [6.07, 6.45) is 4.07. The van der Waals surface area contributed by atoms with E-state index in [4.69, 9.17) is 4.74 Å². The van der Waals surface area contributed by atoms with Gasteiger partial charge in [-0.3, -0.25) is 4.79 Å². The Morgan fingerprint density at radius 2 is 2.19 bits per heavy atom. The average Bonchev–Trinajstić information content (AvgIpc) is 2.56. The van der Waals surface area contributed by atoms with Crippen LogP contribution in [0.3, 0.4) is 0 Å². The van der Waals surface area contributed by atoms with E-state index in [1.54, 1.807) is 0 Å². The monoisotopic (exact) mass is 216 g/mol. The van der Waals surface area contributed by atoms with Crippen molar-refractivity contribution in [2.24, 2.45) is 5.92 Å². The molecule has 1 aromatic carbocycles. The first-order valence-electron chi connectivity index (χ1n) is 6.02. The van der Waals surface area contributed by atoms with Gasteiger partial charge in [0.05, 0.1) is 5.92 Å². The molecule has 1 aliphatic carbocycles. The molecule has 0 radical (unpaired) electrons. The fourth-order valence-electron chi connectivity index (χ4n) is 3.11. The van der Waals surface area contributed by atoms with Crippen molar-refractivity contribution >= 4 is 5.97 Å². The molecule has 1 saturated heterocycles. The smallest absolute Gasteiger partial charge is 0.309 e. The Bertz CT molecular complexity index is 438. The minimum absolute atomic E-state index is 0.0308. The number of carbonyl (C=O) groups excluding carboxylic acids is 1. The molecule has 16 heavy (non-hydrogen) atoms. The second-order valence-corrected chi connectivity index (χ2v) is 5.03. The summed E-state index contributed by atoms with van der Waals surface area (Å²) in [4.78, 5) is 11.6. The third-order valence-electron chi connectivity index (χ3n) is 3.87. The van der Waals surface area contributed by atoms with Crippen molar-refractivity contribution in [3.63, 3.8) is 0 Å². The molecule has 1 fully saturated rings. The van der Waals surface area contributed by atoms with Crippen LogP contribution in [0.1, 0.15) is 37.3 Å². The highest BCUT2D eigenvalue weighted by molar-refractivity contribution is 5.75. The molecule has 1 aliphatic heterocycles. The van der Waals surface area contributed by atoms with Gasteiger partial charge in [0.15, 0.2) is 0 Å². The van der Waals surface area contributed by atoms with Gasteiger partial charge in [-0.05, 0) is 30.4 Å². The predicted octanol–water partition coefficient (Wildman–Crippen LogP) is 2.80. The van der Waals surface area contributed by atoms with Crippen molar-refractivity contribution in [2.75, 3.05) is 0 Å². The van der Waals surface area contributed by atoms with Gasteiger partial charge in [0.25, 0.3) is 0 Å². The van der Waals surface area contributed by atoms with Gasteiger partial charge in [-0.1, -0.05) is 31.2 Å². The zero-order valence-corrected chi connectivity index (χ0v) is 9.53. The number of carbonyl (C=O) groups is 1. The van der Waals surface area contributed by atoms with Crippen LogP contribution in [0.25, 0.3) is 0 Å². The van der Waals surface area contributed by atoms with Crippen LogP contribution in [0.4, 0.5) is 0 Å². The Morgan fingerprint density at radius 1 is 1.38 bits per heavy atom. The van der Waals surface area contributed by atoms with Gasteiger partial charge >= 0.3 is 5.97 Å². The Balaban J connectivity index is 2.08. The second kappa shape index (κ2) is 3.34. The second-order valence-electron chi connectivity index (χ2n) is 5.03. The third-order valence-corrected chi connectivity index (χ3v) is 3.87. The van der Waals surface area contributed by atoms with E-state index in [0.29, 0.717) is 0 Å². The van der Waals surface area contributed by atoms with Gasteiger partial charge in [-0.25, -0.2) is 0 Å². The van der Waals surface area contributed by atoms with Crippen LogP contribution in [0, 0.1) is 5.92 Å². The third kappa shape index (κ3) is 1.29. The largest absolute Gasteiger partial charge is 0.454 e. The summed E-state index contributed by atoms with van der Waals surface area (Å²) >= 11 is 0. The van der Waals surface area contributed by atoms with E-state index in [9.17, 15) is 4.79 Å². The summed E-state index contributed by atoms with van der Waals surface area (Å²) in [7, 11) is 0. The highest BCUT2D eigenvalue weighted by Crippen LogP contribution is 2.47. The van der Waals surface area contributed by atoms with Gasteiger partial charge < -0.3 is 4.74 Å². The molecule has 3 rings (SSSR count). The quantitative estimate of drug-likeness (QED) is 0.623. The van der Waals surface area contributed by atoms with Crippen molar-refractivity contribution in [3.8, 4) is 0 Å². The number of esters is 1. The molecular formula is C14H16O2. The van der Waals surface area contributed by atoms with Gasteiger partial charge in [0.2, 0.25) is 0 Å². The Labute approximate surface area is 95.6 Å². The molecule has 2 atom stereocenters. The highest BCUT2D eigenvalue weighted by atomic mass is 16.6.